The van der Waals surface area contributed by atoms with Crippen LogP contribution in [0.4, 0.5) is 14.9 Å². The Kier molecular flexibility index (Phi) is 7.31. The average Bonchev–Trinajstić information content (AvgIpc) is 3.10. The molecule has 0 aliphatic carbocycles. The Morgan fingerprint density at radius 2 is 1.74 bits per heavy atom. The molecule has 178 valence electrons. The minimum absolute atomic E-state index is 0.245. The molecular formula is C27H23FN2O4S. The molecule has 1 saturated heterocycles. The Morgan fingerprint density at radius 1 is 1.03 bits per heavy atom. The van der Waals surface area contributed by atoms with Crippen molar-refractivity contribution in [3.63, 3.8) is 0 Å². The number of anilines is 1. The molecule has 0 saturated carbocycles. The molecule has 1 heterocycles. The zero-order valence-corrected chi connectivity index (χ0v) is 20.0. The smallest absolute Gasteiger partial charge is 0.294 e. The fraction of sp³-hybridized carbons (Fsp3) is 0.148. The Morgan fingerprint density at radius 3 is 2.46 bits per heavy atom. The number of nitrogens with one attached hydrogen (secondary N) is 1. The van der Waals surface area contributed by atoms with Gasteiger partial charge in [-0.05, 0) is 84.3 Å². The number of thioether (sulfide) groups is 1. The van der Waals surface area contributed by atoms with Gasteiger partial charge in [0.25, 0.3) is 11.1 Å². The van der Waals surface area contributed by atoms with Gasteiger partial charge in [-0.15, -0.1) is 0 Å². The summed E-state index contributed by atoms with van der Waals surface area (Å²) >= 11 is 0.800. The molecule has 8 heteroatoms. The number of carbonyl (C=O) groups is 3. The zero-order chi connectivity index (χ0) is 24.9. The van der Waals surface area contributed by atoms with Crippen LogP contribution in [0.1, 0.15) is 22.3 Å². The minimum atomic E-state index is -0.507. The third kappa shape index (κ3) is 5.96. The number of carbonyl (C=O) groups excluding carboxylic acids is 3. The largest absolute Gasteiger partial charge is 0.489 e. The van der Waals surface area contributed by atoms with E-state index in [9.17, 15) is 18.8 Å². The average molecular weight is 491 g/mol. The van der Waals surface area contributed by atoms with Gasteiger partial charge in [0.05, 0.1) is 4.91 Å². The second-order valence-electron chi connectivity index (χ2n) is 8.05. The van der Waals surface area contributed by atoms with Gasteiger partial charge in [-0.3, -0.25) is 19.3 Å². The fourth-order valence-electron chi connectivity index (χ4n) is 3.42. The molecule has 3 aromatic rings. The summed E-state index contributed by atoms with van der Waals surface area (Å²) in [5, 5.41) is 2.28. The van der Waals surface area contributed by atoms with E-state index in [1.807, 2.05) is 26.0 Å². The van der Waals surface area contributed by atoms with Gasteiger partial charge in [0, 0.05) is 5.69 Å². The van der Waals surface area contributed by atoms with Crippen LogP contribution in [-0.4, -0.2) is 28.5 Å². The van der Waals surface area contributed by atoms with Crippen molar-refractivity contribution in [1.29, 1.82) is 0 Å². The quantitative estimate of drug-likeness (QED) is 0.430. The lowest BCUT2D eigenvalue weighted by atomic mass is 10.1. The lowest BCUT2D eigenvalue weighted by molar-refractivity contribution is -0.127. The third-order valence-electron chi connectivity index (χ3n) is 5.55. The zero-order valence-electron chi connectivity index (χ0n) is 19.2. The standard InChI is InChI=1S/C27H23FN2O4S/c1-17-4-3-5-23(18(17)2)29-25(31)15-30-26(32)24(35-27(30)33)14-19-8-12-22(13-9-19)34-16-20-6-10-21(28)11-7-20/h3-14H,15-16H2,1-2H3,(H,29,31)/b24-14-. The molecule has 4 rings (SSSR count). The Balaban J connectivity index is 1.36. The highest BCUT2D eigenvalue weighted by atomic mass is 32.2. The van der Waals surface area contributed by atoms with Gasteiger partial charge in [0.15, 0.2) is 0 Å². The van der Waals surface area contributed by atoms with Crippen molar-refractivity contribution >= 4 is 40.6 Å². The molecule has 0 atom stereocenters. The minimum Gasteiger partial charge on any atom is -0.489 e. The summed E-state index contributed by atoms with van der Waals surface area (Å²) in [4.78, 5) is 38.8. The molecule has 3 aromatic carbocycles. The first-order chi connectivity index (χ1) is 16.8. The molecule has 0 unspecified atom stereocenters. The second kappa shape index (κ2) is 10.6. The van der Waals surface area contributed by atoms with E-state index < -0.39 is 17.1 Å². The van der Waals surface area contributed by atoms with Crippen LogP contribution >= 0.6 is 11.8 Å². The topological polar surface area (TPSA) is 75.7 Å². The van der Waals surface area contributed by atoms with Crippen LogP contribution in [0, 0.1) is 19.7 Å². The number of hydrogen-bond donors (Lipinski definition) is 1. The molecule has 35 heavy (non-hydrogen) atoms. The molecule has 1 aliphatic rings. The van der Waals surface area contributed by atoms with E-state index in [1.54, 1.807) is 48.5 Å². The monoisotopic (exact) mass is 490 g/mol. The number of benzene rings is 3. The van der Waals surface area contributed by atoms with E-state index in [2.05, 4.69) is 5.32 Å². The van der Waals surface area contributed by atoms with Crippen molar-refractivity contribution in [1.82, 2.24) is 4.90 Å². The number of halogens is 1. The van der Waals surface area contributed by atoms with Gasteiger partial charge in [0.1, 0.15) is 24.7 Å². The van der Waals surface area contributed by atoms with Crippen LogP contribution in [0.5, 0.6) is 5.75 Å². The van der Waals surface area contributed by atoms with Gasteiger partial charge in [0.2, 0.25) is 5.91 Å². The summed E-state index contributed by atoms with van der Waals surface area (Å²) in [6, 6.07) is 18.6. The van der Waals surface area contributed by atoms with Gasteiger partial charge >= 0.3 is 0 Å². The van der Waals surface area contributed by atoms with Crippen molar-refractivity contribution in [2.75, 3.05) is 11.9 Å². The number of amides is 3. The van der Waals surface area contributed by atoms with E-state index >= 15 is 0 Å². The Labute approximate surface area is 206 Å². The maximum atomic E-state index is 13.0. The summed E-state index contributed by atoms with van der Waals surface area (Å²) in [6.45, 7) is 3.78. The molecule has 0 aromatic heterocycles. The molecule has 6 nitrogen and oxygen atoms in total. The maximum absolute atomic E-state index is 13.0. The summed E-state index contributed by atoms with van der Waals surface area (Å²) in [5.41, 5.74) is 4.17. The van der Waals surface area contributed by atoms with E-state index in [0.717, 1.165) is 33.4 Å². The lowest BCUT2D eigenvalue weighted by Crippen LogP contribution is -2.36. The van der Waals surface area contributed by atoms with Gasteiger partial charge in [-0.1, -0.05) is 36.4 Å². The second-order valence-corrected chi connectivity index (χ2v) is 9.04. The predicted octanol–water partition coefficient (Wildman–Crippen LogP) is 5.70. The molecule has 0 bridgehead atoms. The number of ether oxygens (including phenoxy) is 1. The number of hydrogen-bond acceptors (Lipinski definition) is 5. The predicted molar refractivity (Wildman–Crippen MR) is 134 cm³/mol. The lowest BCUT2D eigenvalue weighted by Gasteiger charge is -2.14. The molecule has 0 radical (unpaired) electrons. The molecular weight excluding hydrogens is 467 g/mol. The normalized spacial score (nSPS) is 14.5. The summed E-state index contributed by atoms with van der Waals surface area (Å²) in [5.74, 6) is -0.634. The van der Waals surface area contributed by atoms with Gasteiger partial charge < -0.3 is 10.1 Å². The van der Waals surface area contributed by atoms with E-state index in [0.29, 0.717) is 23.6 Å². The van der Waals surface area contributed by atoms with Crippen LogP contribution in [-0.2, 0) is 16.2 Å². The third-order valence-corrected chi connectivity index (χ3v) is 6.46. The van der Waals surface area contributed by atoms with Crippen molar-refractivity contribution in [3.05, 3.63) is 99.7 Å². The molecule has 0 spiro atoms. The Bertz CT molecular complexity index is 1300. The maximum Gasteiger partial charge on any atom is 0.294 e. The first-order valence-electron chi connectivity index (χ1n) is 10.9. The van der Waals surface area contributed by atoms with Gasteiger partial charge in [-0.2, -0.15) is 0 Å². The number of imide groups is 1. The van der Waals surface area contributed by atoms with Crippen molar-refractivity contribution in [2.24, 2.45) is 0 Å². The fourth-order valence-corrected chi connectivity index (χ4v) is 4.25. The summed E-state index contributed by atoms with van der Waals surface area (Å²) < 4.78 is 18.7. The molecule has 1 aliphatic heterocycles. The molecule has 1 N–H and O–H groups in total. The van der Waals surface area contributed by atoms with Crippen LogP contribution in [0.15, 0.2) is 71.6 Å². The first-order valence-corrected chi connectivity index (χ1v) is 11.7. The molecule has 1 fully saturated rings. The first kappa shape index (κ1) is 24.2. The summed E-state index contributed by atoms with van der Waals surface area (Å²) in [7, 11) is 0. The van der Waals surface area contributed by atoms with E-state index in [4.69, 9.17) is 4.74 Å². The molecule has 3 amide bonds. The van der Waals surface area contributed by atoms with Crippen LogP contribution in [0.25, 0.3) is 6.08 Å². The van der Waals surface area contributed by atoms with E-state index in [-0.39, 0.29) is 17.3 Å². The highest BCUT2D eigenvalue weighted by Gasteiger charge is 2.36. The van der Waals surface area contributed by atoms with Crippen molar-refractivity contribution in [3.8, 4) is 5.75 Å². The Hall–Kier alpha value is -3.91. The van der Waals surface area contributed by atoms with Crippen molar-refractivity contribution in [2.45, 2.75) is 20.5 Å². The SMILES string of the molecule is Cc1cccc(NC(=O)CN2C(=O)S/C(=C\c3ccc(OCc4ccc(F)cc4)cc3)C2=O)c1C. The summed E-state index contributed by atoms with van der Waals surface area (Å²) in [6.07, 6.45) is 1.61. The number of aryl methyl sites for hydroxylation is 1. The van der Waals surface area contributed by atoms with Crippen molar-refractivity contribution < 1.29 is 23.5 Å². The van der Waals surface area contributed by atoms with Crippen LogP contribution in [0.3, 0.4) is 0 Å². The number of nitrogens with zero attached hydrogens (tertiary/aromatic N) is 1. The van der Waals surface area contributed by atoms with E-state index in [1.165, 1.54) is 12.1 Å². The van der Waals surface area contributed by atoms with Crippen LogP contribution in [0.2, 0.25) is 0 Å². The van der Waals surface area contributed by atoms with Crippen LogP contribution < -0.4 is 10.1 Å². The highest BCUT2D eigenvalue weighted by Crippen LogP contribution is 2.32. The van der Waals surface area contributed by atoms with Gasteiger partial charge in [-0.25, -0.2) is 4.39 Å². The highest BCUT2D eigenvalue weighted by molar-refractivity contribution is 8.18. The number of rotatable bonds is 7.